The molecule has 0 aromatic heterocycles. The number of phenolic OH excluding ortho intramolecular Hbond substituents is 1. The first-order valence-corrected chi connectivity index (χ1v) is 6.45. The minimum Gasteiger partial charge on any atom is -0.507 e. The number of nitrogens with one attached hydrogen (secondary N) is 1. The molecule has 1 saturated carbocycles. The molecule has 1 aliphatic rings. The SMILES string of the molecule is O=C(NC1CCCCC1Cl)c1c(O)cccc1F. The van der Waals surface area contributed by atoms with Crippen molar-refractivity contribution in [2.45, 2.75) is 37.1 Å². The number of hydrogen-bond donors (Lipinski definition) is 2. The number of carbonyl (C=O) groups is 1. The lowest BCUT2D eigenvalue weighted by Crippen LogP contribution is -2.43. The Bertz CT molecular complexity index is 432. The highest BCUT2D eigenvalue weighted by Crippen LogP contribution is 2.25. The van der Waals surface area contributed by atoms with E-state index < -0.39 is 11.7 Å². The first-order valence-electron chi connectivity index (χ1n) is 6.02. The maximum absolute atomic E-state index is 13.5. The molecular formula is C13H15ClFNO2. The summed E-state index contributed by atoms with van der Waals surface area (Å²) >= 11 is 6.12. The standard InChI is InChI=1S/C13H15ClFNO2/c14-8-4-1-2-6-10(8)16-13(18)12-9(15)5-3-7-11(12)17/h3,5,7-8,10,17H,1-2,4,6H2,(H,16,18). The van der Waals surface area contributed by atoms with Gasteiger partial charge in [-0.15, -0.1) is 11.6 Å². The zero-order chi connectivity index (χ0) is 13.1. The molecule has 2 N–H and O–H groups in total. The third kappa shape index (κ3) is 2.75. The molecule has 2 rings (SSSR count). The van der Waals surface area contributed by atoms with E-state index in [9.17, 15) is 14.3 Å². The van der Waals surface area contributed by atoms with Gasteiger partial charge in [-0.05, 0) is 25.0 Å². The Labute approximate surface area is 110 Å². The van der Waals surface area contributed by atoms with Crippen LogP contribution in [0.4, 0.5) is 4.39 Å². The fourth-order valence-corrected chi connectivity index (χ4v) is 2.57. The van der Waals surface area contributed by atoms with Crippen LogP contribution in [0.1, 0.15) is 36.0 Å². The number of benzene rings is 1. The second-order valence-electron chi connectivity index (χ2n) is 4.51. The molecule has 0 spiro atoms. The molecule has 1 aromatic carbocycles. The fourth-order valence-electron chi connectivity index (χ4n) is 2.23. The summed E-state index contributed by atoms with van der Waals surface area (Å²) in [4.78, 5) is 11.9. The molecule has 0 bridgehead atoms. The van der Waals surface area contributed by atoms with Crippen molar-refractivity contribution in [1.29, 1.82) is 0 Å². The van der Waals surface area contributed by atoms with E-state index in [0.29, 0.717) is 0 Å². The van der Waals surface area contributed by atoms with Crippen LogP contribution in [0.25, 0.3) is 0 Å². The van der Waals surface area contributed by atoms with Crippen molar-refractivity contribution >= 4 is 17.5 Å². The topological polar surface area (TPSA) is 49.3 Å². The number of hydrogen-bond acceptors (Lipinski definition) is 2. The summed E-state index contributed by atoms with van der Waals surface area (Å²) in [6.07, 6.45) is 3.67. The minimum absolute atomic E-state index is 0.128. The molecule has 98 valence electrons. The number of carbonyl (C=O) groups excluding carboxylic acids is 1. The van der Waals surface area contributed by atoms with Crippen molar-refractivity contribution in [3.8, 4) is 5.75 Å². The summed E-state index contributed by atoms with van der Waals surface area (Å²) in [7, 11) is 0. The Balaban J connectivity index is 2.12. The molecule has 1 fully saturated rings. The predicted octanol–water partition coefficient (Wildman–Crippen LogP) is 2.81. The van der Waals surface area contributed by atoms with Crippen LogP contribution in [0.15, 0.2) is 18.2 Å². The lowest BCUT2D eigenvalue weighted by Gasteiger charge is -2.27. The van der Waals surface area contributed by atoms with Crippen molar-refractivity contribution in [3.05, 3.63) is 29.6 Å². The van der Waals surface area contributed by atoms with Crippen LogP contribution in [0.3, 0.4) is 0 Å². The smallest absolute Gasteiger partial charge is 0.258 e. The molecule has 18 heavy (non-hydrogen) atoms. The number of amides is 1. The monoisotopic (exact) mass is 271 g/mol. The zero-order valence-corrected chi connectivity index (χ0v) is 10.6. The Morgan fingerprint density at radius 2 is 2.11 bits per heavy atom. The number of halogens is 2. The van der Waals surface area contributed by atoms with Gasteiger partial charge in [0.25, 0.3) is 5.91 Å². The average Bonchev–Trinajstić information content (AvgIpc) is 2.32. The second kappa shape index (κ2) is 5.57. The lowest BCUT2D eigenvalue weighted by atomic mass is 9.94. The molecule has 2 atom stereocenters. The van der Waals surface area contributed by atoms with Gasteiger partial charge >= 0.3 is 0 Å². The molecule has 1 aromatic rings. The largest absolute Gasteiger partial charge is 0.507 e. The van der Waals surface area contributed by atoms with Crippen LogP contribution in [0, 0.1) is 5.82 Å². The van der Waals surface area contributed by atoms with E-state index in [-0.39, 0.29) is 22.7 Å². The van der Waals surface area contributed by atoms with E-state index in [4.69, 9.17) is 11.6 Å². The quantitative estimate of drug-likeness (QED) is 0.813. The van der Waals surface area contributed by atoms with Crippen molar-refractivity contribution in [2.24, 2.45) is 0 Å². The molecule has 5 heteroatoms. The maximum atomic E-state index is 13.5. The highest BCUT2D eigenvalue weighted by Gasteiger charge is 2.26. The van der Waals surface area contributed by atoms with Gasteiger partial charge in [-0.1, -0.05) is 18.9 Å². The summed E-state index contributed by atoms with van der Waals surface area (Å²) in [5.74, 6) is -1.69. The highest BCUT2D eigenvalue weighted by molar-refractivity contribution is 6.21. The van der Waals surface area contributed by atoms with E-state index in [0.717, 1.165) is 31.7 Å². The second-order valence-corrected chi connectivity index (χ2v) is 5.07. The van der Waals surface area contributed by atoms with Gasteiger partial charge in [0.1, 0.15) is 17.1 Å². The maximum Gasteiger partial charge on any atom is 0.258 e. The predicted molar refractivity (Wildman–Crippen MR) is 67.4 cm³/mol. The summed E-state index contributed by atoms with van der Waals surface area (Å²) in [6.45, 7) is 0. The summed E-state index contributed by atoms with van der Waals surface area (Å²) in [5.41, 5.74) is -0.313. The number of aromatic hydroxyl groups is 1. The van der Waals surface area contributed by atoms with Crippen LogP contribution in [0.5, 0.6) is 5.75 Å². The van der Waals surface area contributed by atoms with Crippen LogP contribution in [0.2, 0.25) is 0 Å². The molecule has 1 aliphatic carbocycles. The van der Waals surface area contributed by atoms with Gasteiger partial charge in [0, 0.05) is 6.04 Å². The van der Waals surface area contributed by atoms with Gasteiger partial charge in [-0.2, -0.15) is 0 Å². The van der Waals surface area contributed by atoms with Gasteiger partial charge in [-0.3, -0.25) is 4.79 Å². The van der Waals surface area contributed by atoms with Gasteiger partial charge in [0.2, 0.25) is 0 Å². The van der Waals surface area contributed by atoms with Gasteiger partial charge in [0.05, 0.1) is 5.38 Å². The van der Waals surface area contributed by atoms with E-state index in [1.807, 2.05) is 0 Å². The first kappa shape index (κ1) is 13.1. The third-order valence-corrected chi connectivity index (χ3v) is 3.74. The fraction of sp³-hybridized carbons (Fsp3) is 0.462. The lowest BCUT2D eigenvalue weighted by molar-refractivity contribution is 0.0921. The molecule has 0 radical (unpaired) electrons. The number of phenols is 1. The van der Waals surface area contributed by atoms with E-state index in [1.54, 1.807) is 0 Å². The molecule has 0 saturated heterocycles. The summed E-state index contributed by atoms with van der Waals surface area (Å²) < 4.78 is 13.5. The summed E-state index contributed by atoms with van der Waals surface area (Å²) in [5, 5.41) is 12.1. The Kier molecular flexibility index (Phi) is 4.07. The molecule has 2 unspecified atom stereocenters. The van der Waals surface area contributed by atoms with Crippen LogP contribution >= 0.6 is 11.6 Å². The normalized spacial score (nSPS) is 23.7. The molecule has 1 amide bonds. The minimum atomic E-state index is -0.727. The van der Waals surface area contributed by atoms with Crippen molar-refractivity contribution in [1.82, 2.24) is 5.32 Å². The Hall–Kier alpha value is -1.29. The summed E-state index contributed by atoms with van der Waals surface area (Å²) in [6, 6.07) is 3.63. The molecule has 3 nitrogen and oxygen atoms in total. The Morgan fingerprint density at radius 1 is 1.39 bits per heavy atom. The number of alkyl halides is 1. The van der Waals surface area contributed by atoms with Crippen molar-refractivity contribution in [2.75, 3.05) is 0 Å². The molecule has 0 aliphatic heterocycles. The molecule has 0 heterocycles. The molecular weight excluding hydrogens is 257 g/mol. The van der Waals surface area contributed by atoms with E-state index in [1.165, 1.54) is 12.1 Å². The number of rotatable bonds is 2. The first-order chi connectivity index (χ1) is 8.59. The van der Waals surface area contributed by atoms with Gasteiger partial charge in [-0.25, -0.2) is 4.39 Å². The average molecular weight is 272 g/mol. The Morgan fingerprint density at radius 3 is 2.78 bits per heavy atom. The van der Waals surface area contributed by atoms with Gasteiger partial charge in [0.15, 0.2) is 0 Å². The third-order valence-electron chi connectivity index (χ3n) is 3.22. The van der Waals surface area contributed by atoms with E-state index >= 15 is 0 Å². The van der Waals surface area contributed by atoms with E-state index in [2.05, 4.69) is 5.32 Å². The van der Waals surface area contributed by atoms with Crippen LogP contribution < -0.4 is 5.32 Å². The van der Waals surface area contributed by atoms with Gasteiger partial charge < -0.3 is 10.4 Å². The highest BCUT2D eigenvalue weighted by atomic mass is 35.5. The zero-order valence-electron chi connectivity index (χ0n) is 9.83. The van der Waals surface area contributed by atoms with Crippen LogP contribution in [-0.4, -0.2) is 22.4 Å². The van der Waals surface area contributed by atoms with Crippen molar-refractivity contribution < 1.29 is 14.3 Å². The van der Waals surface area contributed by atoms with Crippen LogP contribution in [-0.2, 0) is 0 Å². The van der Waals surface area contributed by atoms with Crippen molar-refractivity contribution in [3.63, 3.8) is 0 Å².